The molecule has 3 aromatic rings. The predicted molar refractivity (Wildman–Crippen MR) is 120 cm³/mol. The lowest BCUT2D eigenvalue weighted by Crippen LogP contribution is -2.44. The number of hydrogen-bond donors (Lipinski definition) is 1. The number of nitrogens with zero attached hydrogens (tertiary/aromatic N) is 2. The summed E-state index contributed by atoms with van der Waals surface area (Å²) in [7, 11) is -1.42. The monoisotopic (exact) mass is 439 g/mol. The molecule has 1 aromatic heterocycles. The highest BCUT2D eigenvalue weighted by atomic mass is 32.2. The van der Waals surface area contributed by atoms with E-state index in [2.05, 4.69) is 22.2 Å². The number of benzene rings is 2. The molecule has 2 aromatic carbocycles. The summed E-state index contributed by atoms with van der Waals surface area (Å²) in [6.07, 6.45) is 0. The molecule has 1 fully saturated rings. The van der Waals surface area contributed by atoms with Crippen LogP contribution < -0.4 is 10.2 Å². The first-order chi connectivity index (χ1) is 14.9. The van der Waals surface area contributed by atoms with Gasteiger partial charge in [0.1, 0.15) is 11.5 Å². The summed E-state index contributed by atoms with van der Waals surface area (Å²) in [5.41, 5.74) is 1.77. The van der Waals surface area contributed by atoms with Crippen molar-refractivity contribution in [1.29, 1.82) is 0 Å². The van der Waals surface area contributed by atoms with Crippen molar-refractivity contribution in [2.75, 3.05) is 43.4 Å². The van der Waals surface area contributed by atoms with E-state index in [4.69, 9.17) is 4.42 Å². The maximum absolute atomic E-state index is 12.5. The second kappa shape index (κ2) is 8.95. The van der Waals surface area contributed by atoms with Gasteiger partial charge in [-0.15, -0.1) is 0 Å². The molecule has 162 valence electrons. The zero-order valence-corrected chi connectivity index (χ0v) is 18.1. The number of nitrogens with one attached hydrogen (secondary N) is 1. The molecule has 0 atom stereocenters. The van der Waals surface area contributed by atoms with Crippen LogP contribution in [0.3, 0.4) is 0 Å². The summed E-state index contributed by atoms with van der Waals surface area (Å²) in [6.45, 7) is 4.01. The largest absolute Gasteiger partial charge is 0.455 e. The molecule has 4 rings (SSSR count). The van der Waals surface area contributed by atoms with E-state index >= 15 is 0 Å². The van der Waals surface area contributed by atoms with Crippen molar-refractivity contribution < 1.29 is 17.6 Å². The Hall–Kier alpha value is -3.10. The third-order valence-electron chi connectivity index (χ3n) is 5.31. The number of amides is 1. The second-order valence-electron chi connectivity index (χ2n) is 7.63. The average molecular weight is 440 g/mol. The molecular weight excluding hydrogens is 414 g/mol. The predicted octanol–water partition coefficient (Wildman–Crippen LogP) is 3.26. The third kappa shape index (κ3) is 5.15. The minimum Gasteiger partial charge on any atom is -0.455 e. The minimum atomic E-state index is -3.54. The van der Waals surface area contributed by atoms with Crippen molar-refractivity contribution in [1.82, 2.24) is 4.90 Å². The van der Waals surface area contributed by atoms with E-state index in [9.17, 15) is 13.2 Å². The van der Waals surface area contributed by atoms with Crippen LogP contribution in [-0.2, 0) is 15.6 Å². The Morgan fingerprint density at radius 2 is 1.61 bits per heavy atom. The first-order valence-electron chi connectivity index (χ1n) is 10.1. The van der Waals surface area contributed by atoms with E-state index in [1.807, 2.05) is 24.3 Å². The molecular formula is C23H25N3O4S. The SMILES string of the molecule is CN1CCN(c2ccc(NC(=O)c3ccc(CS(=O)(=O)c4ccccc4)o3)cc2)CC1. The zero-order chi connectivity index (χ0) is 21.8. The Morgan fingerprint density at radius 1 is 0.935 bits per heavy atom. The van der Waals surface area contributed by atoms with Crippen LogP contribution in [0, 0.1) is 0 Å². The highest BCUT2D eigenvalue weighted by Gasteiger charge is 2.19. The van der Waals surface area contributed by atoms with Gasteiger partial charge in [0.25, 0.3) is 5.91 Å². The lowest BCUT2D eigenvalue weighted by molar-refractivity contribution is 0.0995. The topological polar surface area (TPSA) is 82.9 Å². The molecule has 7 nitrogen and oxygen atoms in total. The van der Waals surface area contributed by atoms with Crippen LogP contribution in [-0.4, -0.2) is 52.5 Å². The smallest absolute Gasteiger partial charge is 0.291 e. The van der Waals surface area contributed by atoms with Crippen molar-refractivity contribution in [3.05, 3.63) is 78.3 Å². The molecule has 2 heterocycles. The lowest BCUT2D eigenvalue weighted by Gasteiger charge is -2.34. The summed E-state index contributed by atoms with van der Waals surface area (Å²) in [5.74, 6) is -0.430. The van der Waals surface area contributed by atoms with Gasteiger partial charge in [-0.1, -0.05) is 18.2 Å². The lowest BCUT2D eigenvalue weighted by atomic mass is 10.2. The highest BCUT2D eigenvalue weighted by molar-refractivity contribution is 7.90. The normalized spacial score (nSPS) is 15.1. The van der Waals surface area contributed by atoms with E-state index in [-0.39, 0.29) is 22.2 Å². The molecule has 1 aliphatic rings. The van der Waals surface area contributed by atoms with Gasteiger partial charge in [0.05, 0.1) is 4.90 Å². The number of carbonyl (C=O) groups excluding carboxylic acids is 1. The second-order valence-corrected chi connectivity index (χ2v) is 9.62. The van der Waals surface area contributed by atoms with Crippen LogP contribution in [0.2, 0.25) is 0 Å². The van der Waals surface area contributed by atoms with Gasteiger partial charge in [0.2, 0.25) is 0 Å². The maximum Gasteiger partial charge on any atom is 0.291 e. The molecule has 0 spiro atoms. The Kier molecular flexibility index (Phi) is 6.11. The summed E-state index contributed by atoms with van der Waals surface area (Å²) < 4.78 is 30.5. The number of hydrogen-bond acceptors (Lipinski definition) is 6. The van der Waals surface area contributed by atoms with E-state index in [1.54, 1.807) is 18.2 Å². The fourth-order valence-corrected chi connectivity index (χ4v) is 4.76. The molecule has 0 aliphatic carbocycles. The Bertz CT molecular complexity index is 1130. The molecule has 1 saturated heterocycles. The highest BCUT2D eigenvalue weighted by Crippen LogP contribution is 2.21. The molecule has 1 amide bonds. The molecule has 0 bridgehead atoms. The maximum atomic E-state index is 12.5. The Labute approximate surface area is 182 Å². The molecule has 31 heavy (non-hydrogen) atoms. The third-order valence-corrected chi connectivity index (χ3v) is 6.97. The first-order valence-corrected chi connectivity index (χ1v) is 11.8. The Balaban J connectivity index is 1.38. The number of carbonyl (C=O) groups is 1. The van der Waals surface area contributed by atoms with E-state index in [0.29, 0.717) is 5.69 Å². The van der Waals surface area contributed by atoms with Crippen LogP contribution in [0.15, 0.2) is 76.0 Å². The van der Waals surface area contributed by atoms with E-state index < -0.39 is 15.7 Å². The summed E-state index contributed by atoms with van der Waals surface area (Å²) in [4.78, 5) is 17.4. The van der Waals surface area contributed by atoms with Crippen molar-refractivity contribution in [2.24, 2.45) is 0 Å². The number of rotatable bonds is 6. The first kappa shape index (κ1) is 21.1. The Morgan fingerprint density at radius 3 is 2.29 bits per heavy atom. The van der Waals surface area contributed by atoms with Crippen molar-refractivity contribution in [2.45, 2.75) is 10.6 Å². The number of furan rings is 1. The quantitative estimate of drug-likeness (QED) is 0.635. The molecule has 0 saturated carbocycles. The molecule has 8 heteroatoms. The number of piperazine rings is 1. The van der Waals surface area contributed by atoms with E-state index in [1.165, 1.54) is 24.3 Å². The molecule has 1 N–H and O–H groups in total. The van der Waals surface area contributed by atoms with Crippen LogP contribution in [0.4, 0.5) is 11.4 Å². The molecule has 0 unspecified atom stereocenters. The van der Waals surface area contributed by atoms with Gasteiger partial charge in [0.15, 0.2) is 15.6 Å². The summed E-state index contributed by atoms with van der Waals surface area (Å²) >= 11 is 0. The molecule has 0 radical (unpaired) electrons. The molecule has 1 aliphatic heterocycles. The van der Waals surface area contributed by atoms with Crippen molar-refractivity contribution in [3.63, 3.8) is 0 Å². The fourth-order valence-electron chi connectivity index (χ4n) is 3.49. The van der Waals surface area contributed by atoms with Gasteiger partial charge in [-0.05, 0) is 55.6 Å². The van der Waals surface area contributed by atoms with Gasteiger partial charge in [-0.2, -0.15) is 0 Å². The van der Waals surface area contributed by atoms with Crippen LogP contribution in [0.1, 0.15) is 16.3 Å². The summed E-state index contributed by atoms with van der Waals surface area (Å²) in [6, 6.07) is 18.9. The van der Waals surface area contributed by atoms with Gasteiger partial charge in [-0.25, -0.2) is 8.42 Å². The number of anilines is 2. The fraction of sp³-hybridized carbons (Fsp3) is 0.261. The average Bonchev–Trinajstić information content (AvgIpc) is 3.23. The van der Waals surface area contributed by atoms with Gasteiger partial charge >= 0.3 is 0 Å². The van der Waals surface area contributed by atoms with Gasteiger partial charge in [-0.3, -0.25) is 4.79 Å². The van der Waals surface area contributed by atoms with Crippen LogP contribution in [0.25, 0.3) is 0 Å². The van der Waals surface area contributed by atoms with Gasteiger partial charge < -0.3 is 19.5 Å². The summed E-state index contributed by atoms with van der Waals surface area (Å²) in [5, 5.41) is 2.79. The zero-order valence-electron chi connectivity index (χ0n) is 17.3. The standard InChI is InChI=1S/C23H25N3O4S/c1-25-13-15-26(16-14-25)19-9-7-18(8-10-19)24-23(27)22-12-11-20(30-22)17-31(28,29)21-5-3-2-4-6-21/h2-12H,13-17H2,1H3,(H,24,27). The van der Waals surface area contributed by atoms with E-state index in [0.717, 1.165) is 31.9 Å². The minimum absolute atomic E-state index is 0.0707. The number of sulfone groups is 1. The van der Waals surface area contributed by atoms with Gasteiger partial charge in [0, 0.05) is 37.6 Å². The van der Waals surface area contributed by atoms with Crippen molar-refractivity contribution >= 4 is 27.1 Å². The van der Waals surface area contributed by atoms with Crippen LogP contribution >= 0.6 is 0 Å². The number of likely N-dealkylation sites (N-methyl/N-ethyl adjacent to an activating group) is 1. The van der Waals surface area contributed by atoms with Crippen LogP contribution in [0.5, 0.6) is 0 Å². The van der Waals surface area contributed by atoms with Crippen molar-refractivity contribution in [3.8, 4) is 0 Å².